The van der Waals surface area contributed by atoms with Gasteiger partial charge in [0.1, 0.15) is 5.82 Å². The van der Waals surface area contributed by atoms with E-state index in [2.05, 4.69) is 19.2 Å². The smallest absolute Gasteiger partial charge is 0.161 e. The summed E-state index contributed by atoms with van der Waals surface area (Å²) in [6, 6.07) is 1.35. The zero-order valence-corrected chi connectivity index (χ0v) is 12.3. The maximum Gasteiger partial charge on any atom is 0.161 e. The second-order valence-electron chi connectivity index (χ2n) is 6.40. The van der Waals surface area contributed by atoms with Crippen LogP contribution in [0.4, 0.5) is 13.2 Å². The quantitative estimate of drug-likeness (QED) is 0.801. The highest BCUT2D eigenvalue weighted by Gasteiger charge is 2.38. The van der Waals surface area contributed by atoms with E-state index in [4.69, 9.17) is 0 Å². The SMILES string of the molecule is CNC(c1cc(F)c(F)cc1F)C1CCCCC1(C)C. The predicted molar refractivity (Wildman–Crippen MR) is 73.9 cm³/mol. The summed E-state index contributed by atoms with van der Waals surface area (Å²) in [6.45, 7) is 4.33. The molecule has 0 saturated heterocycles. The zero-order chi connectivity index (χ0) is 14.9. The van der Waals surface area contributed by atoms with Crippen LogP contribution in [0.25, 0.3) is 0 Å². The lowest BCUT2D eigenvalue weighted by Crippen LogP contribution is -2.38. The molecule has 0 radical (unpaired) electrons. The normalized spacial score (nSPS) is 23.6. The summed E-state index contributed by atoms with van der Waals surface area (Å²) in [4.78, 5) is 0. The summed E-state index contributed by atoms with van der Waals surface area (Å²) in [5.74, 6) is -2.59. The minimum absolute atomic E-state index is 0.0588. The zero-order valence-electron chi connectivity index (χ0n) is 12.3. The first-order valence-electron chi connectivity index (χ1n) is 7.18. The van der Waals surface area contributed by atoms with Gasteiger partial charge in [0.2, 0.25) is 0 Å². The van der Waals surface area contributed by atoms with Crippen molar-refractivity contribution in [1.82, 2.24) is 5.32 Å². The van der Waals surface area contributed by atoms with Gasteiger partial charge in [-0.05, 0) is 37.3 Å². The van der Waals surface area contributed by atoms with Gasteiger partial charge in [-0.25, -0.2) is 13.2 Å². The summed E-state index contributed by atoms with van der Waals surface area (Å²) >= 11 is 0. The first-order valence-corrected chi connectivity index (χ1v) is 7.18. The average molecular weight is 285 g/mol. The highest BCUT2D eigenvalue weighted by Crippen LogP contribution is 2.47. The molecule has 1 N–H and O–H groups in total. The summed E-state index contributed by atoms with van der Waals surface area (Å²) in [5, 5.41) is 3.10. The second-order valence-corrected chi connectivity index (χ2v) is 6.40. The van der Waals surface area contributed by atoms with Gasteiger partial charge in [0.05, 0.1) is 0 Å². The van der Waals surface area contributed by atoms with E-state index in [1.165, 1.54) is 6.42 Å². The van der Waals surface area contributed by atoms with E-state index in [0.717, 1.165) is 25.3 Å². The molecule has 1 saturated carbocycles. The second kappa shape index (κ2) is 5.76. The monoisotopic (exact) mass is 285 g/mol. The maximum absolute atomic E-state index is 14.0. The Morgan fingerprint density at radius 3 is 2.35 bits per heavy atom. The number of rotatable bonds is 3. The number of halogens is 3. The van der Waals surface area contributed by atoms with Gasteiger partial charge in [0.25, 0.3) is 0 Å². The van der Waals surface area contributed by atoms with Crippen LogP contribution in [-0.4, -0.2) is 7.05 Å². The lowest BCUT2D eigenvalue weighted by Gasteiger charge is -2.43. The van der Waals surface area contributed by atoms with Crippen molar-refractivity contribution >= 4 is 0 Å². The van der Waals surface area contributed by atoms with Crippen molar-refractivity contribution in [2.24, 2.45) is 11.3 Å². The maximum atomic E-state index is 14.0. The Morgan fingerprint density at radius 2 is 1.75 bits per heavy atom. The Morgan fingerprint density at radius 1 is 1.10 bits per heavy atom. The molecule has 2 rings (SSSR count). The fraction of sp³-hybridized carbons (Fsp3) is 0.625. The molecular weight excluding hydrogens is 263 g/mol. The van der Waals surface area contributed by atoms with E-state index in [-0.39, 0.29) is 22.9 Å². The van der Waals surface area contributed by atoms with Crippen LogP contribution in [0, 0.1) is 28.8 Å². The van der Waals surface area contributed by atoms with E-state index in [9.17, 15) is 13.2 Å². The Hall–Kier alpha value is -1.03. The van der Waals surface area contributed by atoms with E-state index in [1.807, 2.05) is 0 Å². The van der Waals surface area contributed by atoms with Crippen LogP contribution in [0.1, 0.15) is 51.1 Å². The minimum atomic E-state index is -1.14. The van der Waals surface area contributed by atoms with Crippen LogP contribution in [0.5, 0.6) is 0 Å². The largest absolute Gasteiger partial charge is 0.313 e. The van der Waals surface area contributed by atoms with Gasteiger partial charge in [-0.15, -0.1) is 0 Å². The van der Waals surface area contributed by atoms with Crippen molar-refractivity contribution in [3.63, 3.8) is 0 Å². The molecule has 0 spiro atoms. The van der Waals surface area contributed by atoms with Crippen LogP contribution in [0.3, 0.4) is 0 Å². The Kier molecular flexibility index (Phi) is 4.43. The van der Waals surface area contributed by atoms with E-state index in [0.29, 0.717) is 6.07 Å². The van der Waals surface area contributed by atoms with E-state index < -0.39 is 17.5 Å². The predicted octanol–water partition coefficient (Wildman–Crippen LogP) is 4.58. The van der Waals surface area contributed by atoms with Crippen LogP contribution in [0.15, 0.2) is 12.1 Å². The summed E-state index contributed by atoms with van der Waals surface area (Å²) < 4.78 is 40.6. The van der Waals surface area contributed by atoms with Crippen molar-refractivity contribution in [1.29, 1.82) is 0 Å². The van der Waals surface area contributed by atoms with Gasteiger partial charge in [-0.2, -0.15) is 0 Å². The molecule has 1 aromatic carbocycles. The first-order chi connectivity index (χ1) is 9.36. The molecule has 0 heterocycles. The molecule has 2 atom stereocenters. The van der Waals surface area contributed by atoms with E-state index in [1.54, 1.807) is 7.05 Å². The molecule has 20 heavy (non-hydrogen) atoms. The van der Waals surface area contributed by atoms with Crippen molar-refractivity contribution in [3.8, 4) is 0 Å². The third-order valence-electron chi connectivity index (χ3n) is 4.68. The standard InChI is InChI=1S/C16H22F3N/c1-16(2)7-5-4-6-11(16)15(20-3)10-8-13(18)14(19)9-12(10)17/h8-9,11,15,20H,4-7H2,1-3H3. The molecule has 0 aliphatic heterocycles. The molecule has 4 heteroatoms. The average Bonchev–Trinajstić information content (AvgIpc) is 2.37. The minimum Gasteiger partial charge on any atom is -0.313 e. The van der Waals surface area contributed by atoms with Gasteiger partial charge in [-0.1, -0.05) is 26.7 Å². The molecule has 0 amide bonds. The molecule has 0 bridgehead atoms. The highest BCUT2D eigenvalue weighted by atomic mass is 19.2. The number of nitrogens with one attached hydrogen (secondary N) is 1. The number of hydrogen-bond donors (Lipinski definition) is 1. The lowest BCUT2D eigenvalue weighted by molar-refractivity contribution is 0.0996. The van der Waals surface area contributed by atoms with E-state index >= 15 is 0 Å². The van der Waals surface area contributed by atoms with Gasteiger partial charge >= 0.3 is 0 Å². The van der Waals surface area contributed by atoms with Crippen molar-refractivity contribution < 1.29 is 13.2 Å². The molecular formula is C16H22F3N. The fourth-order valence-corrected chi connectivity index (χ4v) is 3.49. The topological polar surface area (TPSA) is 12.0 Å². The molecule has 1 aliphatic carbocycles. The van der Waals surface area contributed by atoms with Crippen molar-refractivity contribution in [3.05, 3.63) is 35.1 Å². The van der Waals surface area contributed by atoms with Gasteiger partial charge < -0.3 is 5.32 Å². The molecule has 1 aliphatic rings. The lowest BCUT2D eigenvalue weighted by atomic mass is 9.65. The van der Waals surface area contributed by atoms with Crippen LogP contribution in [-0.2, 0) is 0 Å². The number of benzene rings is 1. The summed E-state index contributed by atoms with van der Waals surface area (Å²) in [7, 11) is 1.75. The third-order valence-corrected chi connectivity index (χ3v) is 4.68. The Balaban J connectivity index is 2.39. The van der Waals surface area contributed by atoms with Gasteiger partial charge in [-0.3, -0.25) is 0 Å². The van der Waals surface area contributed by atoms with Crippen LogP contribution < -0.4 is 5.32 Å². The molecule has 1 fully saturated rings. The molecule has 1 aromatic rings. The van der Waals surface area contributed by atoms with Crippen LogP contribution in [0.2, 0.25) is 0 Å². The molecule has 0 aromatic heterocycles. The fourth-order valence-electron chi connectivity index (χ4n) is 3.49. The van der Waals surface area contributed by atoms with Gasteiger partial charge in [0, 0.05) is 17.7 Å². The number of hydrogen-bond acceptors (Lipinski definition) is 1. The molecule has 112 valence electrons. The first kappa shape index (κ1) is 15.4. The highest BCUT2D eigenvalue weighted by molar-refractivity contribution is 5.25. The van der Waals surface area contributed by atoms with Crippen LogP contribution >= 0.6 is 0 Å². The van der Waals surface area contributed by atoms with Gasteiger partial charge in [0.15, 0.2) is 11.6 Å². The Labute approximate surface area is 118 Å². The van der Waals surface area contributed by atoms with Crippen molar-refractivity contribution in [2.75, 3.05) is 7.05 Å². The third kappa shape index (κ3) is 2.85. The van der Waals surface area contributed by atoms with Crippen molar-refractivity contribution in [2.45, 2.75) is 45.6 Å². The molecule has 1 nitrogen and oxygen atoms in total. The summed E-state index contributed by atoms with van der Waals surface area (Å²) in [6.07, 6.45) is 4.30. The Bertz CT molecular complexity index is 485. The molecule has 2 unspecified atom stereocenters. The summed E-state index contributed by atoms with van der Waals surface area (Å²) in [5.41, 5.74) is 0.287.